The van der Waals surface area contributed by atoms with Crippen LogP contribution in [-0.2, 0) is 27.4 Å². The highest BCUT2D eigenvalue weighted by atomic mass is 35.5. The van der Waals surface area contributed by atoms with Crippen LogP contribution in [0, 0.1) is 0 Å². The van der Waals surface area contributed by atoms with Crippen molar-refractivity contribution < 1.29 is 14.2 Å². The molecule has 0 aliphatic rings. The zero-order chi connectivity index (χ0) is 16.7. The predicted octanol–water partition coefficient (Wildman–Crippen LogP) is 5.44. The second-order valence-electron chi connectivity index (χ2n) is 5.15. The van der Waals surface area contributed by atoms with Crippen molar-refractivity contribution in [1.29, 1.82) is 0 Å². The normalized spacial score (nSPS) is 13.7. The van der Waals surface area contributed by atoms with Gasteiger partial charge in [0.1, 0.15) is 0 Å². The monoisotopic (exact) mass is 354 g/mol. The summed E-state index contributed by atoms with van der Waals surface area (Å²) in [7, 11) is 0. The smallest absolute Gasteiger partial charge is 0.158 e. The van der Waals surface area contributed by atoms with E-state index in [1.807, 2.05) is 62.4 Å². The van der Waals surface area contributed by atoms with Crippen LogP contribution in [-0.4, -0.2) is 12.6 Å². The Morgan fingerprint density at radius 1 is 0.696 bits per heavy atom. The zero-order valence-corrected chi connectivity index (χ0v) is 14.7. The van der Waals surface area contributed by atoms with Crippen LogP contribution in [0.4, 0.5) is 0 Å². The van der Waals surface area contributed by atoms with E-state index in [2.05, 4.69) is 0 Å². The van der Waals surface area contributed by atoms with E-state index in [0.717, 1.165) is 11.1 Å². The molecule has 23 heavy (non-hydrogen) atoms. The van der Waals surface area contributed by atoms with Gasteiger partial charge in [0, 0.05) is 10.0 Å². The van der Waals surface area contributed by atoms with E-state index < -0.39 is 0 Å². The summed E-state index contributed by atoms with van der Waals surface area (Å²) in [6.07, 6.45) is -0.739. The third kappa shape index (κ3) is 6.90. The molecule has 0 aliphatic carbocycles. The molecule has 0 heterocycles. The van der Waals surface area contributed by atoms with Gasteiger partial charge in [-0.3, -0.25) is 0 Å². The van der Waals surface area contributed by atoms with Gasteiger partial charge in [-0.15, -0.1) is 0 Å². The van der Waals surface area contributed by atoms with Gasteiger partial charge in [-0.05, 0) is 49.2 Å². The molecule has 5 heteroatoms. The van der Waals surface area contributed by atoms with E-state index in [1.165, 1.54) is 0 Å². The van der Waals surface area contributed by atoms with Crippen molar-refractivity contribution >= 4 is 23.2 Å². The van der Waals surface area contributed by atoms with E-state index in [9.17, 15) is 0 Å². The highest BCUT2D eigenvalue weighted by molar-refractivity contribution is 6.30. The quantitative estimate of drug-likeness (QED) is 0.591. The summed E-state index contributed by atoms with van der Waals surface area (Å²) in [6, 6.07) is 15.1. The van der Waals surface area contributed by atoms with Crippen LogP contribution in [0.2, 0.25) is 10.0 Å². The molecular weight excluding hydrogens is 335 g/mol. The van der Waals surface area contributed by atoms with Gasteiger partial charge in [-0.1, -0.05) is 47.5 Å². The highest BCUT2D eigenvalue weighted by Gasteiger charge is 2.10. The molecule has 0 amide bonds. The number of hydrogen-bond acceptors (Lipinski definition) is 3. The lowest BCUT2D eigenvalue weighted by molar-refractivity contribution is -0.238. The number of rotatable bonds is 8. The Kier molecular flexibility index (Phi) is 7.34. The third-order valence-electron chi connectivity index (χ3n) is 3.18. The van der Waals surface area contributed by atoms with Gasteiger partial charge < -0.3 is 14.2 Å². The van der Waals surface area contributed by atoms with Crippen LogP contribution in [0.3, 0.4) is 0 Å². The Morgan fingerprint density at radius 3 is 1.39 bits per heavy atom. The fourth-order valence-corrected chi connectivity index (χ4v) is 2.19. The predicted molar refractivity (Wildman–Crippen MR) is 92.5 cm³/mol. The maximum Gasteiger partial charge on any atom is 0.158 e. The molecule has 2 aromatic carbocycles. The minimum Gasteiger partial charge on any atom is -0.348 e. The lowest BCUT2D eigenvalue weighted by Gasteiger charge is -2.20. The lowest BCUT2D eigenvalue weighted by Crippen LogP contribution is -2.22. The molecule has 2 aromatic rings. The molecule has 3 nitrogen and oxygen atoms in total. The lowest BCUT2D eigenvalue weighted by atomic mass is 10.2. The molecule has 124 valence electrons. The maximum absolute atomic E-state index is 5.85. The second-order valence-corrected chi connectivity index (χ2v) is 6.02. The van der Waals surface area contributed by atoms with Crippen LogP contribution < -0.4 is 0 Å². The summed E-state index contributed by atoms with van der Waals surface area (Å²) in [4.78, 5) is 0. The Bertz CT molecular complexity index is 531. The van der Waals surface area contributed by atoms with E-state index in [1.54, 1.807) is 0 Å². The zero-order valence-electron chi connectivity index (χ0n) is 13.2. The van der Waals surface area contributed by atoms with Crippen molar-refractivity contribution in [3.63, 3.8) is 0 Å². The van der Waals surface area contributed by atoms with Gasteiger partial charge in [-0.25, -0.2) is 0 Å². The van der Waals surface area contributed by atoms with Crippen molar-refractivity contribution in [2.75, 3.05) is 0 Å². The first-order valence-corrected chi connectivity index (χ1v) is 8.16. The Hall–Kier alpha value is -1.10. The van der Waals surface area contributed by atoms with Gasteiger partial charge in [-0.2, -0.15) is 0 Å². The molecule has 0 N–H and O–H groups in total. The molecule has 2 unspecified atom stereocenters. The van der Waals surface area contributed by atoms with E-state index in [0.29, 0.717) is 23.3 Å². The van der Waals surface area contributed by atoms with Crippen molar-refractivity contribution in [1.82, 2.24) is 0 Å². The Labute approximate surface area is 147 Å². The Balaban J connectivity index is 1.68. The van der Waals surface area contributed by atoms with E-state index in [-0.39, 0.29) is 12.6 Å². The molecule has 0 aliphatic heterocycles. The van der Waals surface area contributed by atoms with Gasteiger partial charge in [0.05, 0.1) is 13.2 Å². The summed E-state index contributed by atoms with van der Waals surface area (Å²) in [5, 5.41) is 1.42. The molecule has 0 radical (unpaired) electrons. The van der Waals surface area contributed by atoms with Crippen LogP contribution in [0.1, 0.15) is 25.0 Å². The minimum absolute atomic E-state index is 0.370. The molecule has 2 rings (SSSR count). The van der Waals surface area contributed by atoms with Crippen molar-refractivity contribution in [2.24, 2.45) is 0 Å². The third-order valence-corrected chi connectivity index (χ3v) is 3.68. The fraction of sp³-hybridized carbons (Fsp3) is 0.333. The fourth-order valence-electron chi connectivity index (χ4n) is 1.94. The number of halogens is 2. The molecule has 0 fully saturated rings. The average molecular weight is 355 g/mol. The van der Waals surface area contributed by atoms with Crippen molar-refractivity contribution in [3.8, 4) is 0 Å². The van der Waals surface area contributed by atoms with E-state index >= 15 is 0 Å². The average Bonchev–Trinajstić information content (AvgIpc) is 2.54. The number of hydrogen-bond donors (Lipinski definition) is 0. The molecular formula is C18H20Cl2O3. The highest BCUT2D eigenvalue weighted by Crippen LogP contribution is 2.13. The number of ether oxygens (including phenoxy) is 3. The first-order valence-electron chi connectivity index (χ1n) is 7.40. The maximum atomic E-state index is 5.85. The van der Waals surface area contributed by atoms with Crippen LogP contribution >= 0.6 is 23.2 Å². The molecule has 2 atom stereocenters. The SMILES string of the molecule is CC(OCc1ccc(Cl)cc1)OC(C)OCc1ccc(Cl)cc1. The first-order chi connectivity index (χ1) is 11.0. The number of benzene rings is 2. The van der Waals surface area contributed by atoms with Gasteiger partial charge in [0.2, 0.25) is 0 Å². The van der Waals surface area contributed by atoms with Crippen molar-refractivity contribution in [2.45, 2.75) is 39.6 Å². The van der Waals surface area contributed by atoms with E-state index in [4.69, 9.17) is 37.4 Å². The molecule has 0 aromatic heterocycles. The van der Waals surface area contributed by atoms with Crippen molar-refractivity contribution in [3.05, 3.63) is 69.7 Å². The van der Waals surface area contributed by atoms with Gasteiger partial charge in [0.15, 0.2) is 12.6 Å². The summed E-state index contributed by atoms with van der Waals surface area (Å²) in [6.45, 7) is 4.61. The molecule has 0 spiro atoms. The van der Waals surface area contributed by atoms with Gasteiger partial charge in [0.25, 0.3) is 0 Å². The summed E-state index contributed by atoms with van der Waals surface area (Å²) >= 11 is 11.7. The largest absolute Gasteiger partial charge is 0.348 e. The summed E-state index contributed by atoms with van der Waals surface area (Å²) in [5.41, 5.74) is 2.08. The summed E-state index contributed by atoms with van der Waals surface area (Å²) in [5.74, 6) is 0. The first kappa shape index (κ1) is 18.2. The minimum atomic E-state index is -0.370. The molecule has 0 saturated heterocycles. The van der Waals surface area contributed by atoms with Crippen LogP contribution in [0.15, 0.2) is 48.5 Å². The van der Waals surface area contributed by atoms with Gasteiger partial charge >= 0.3 is 0 Å². The topological polar surface area (TPSA) is 27.7 Å². The summed E-state index contributed by atoms with van der Waals surface area (Å²) < 4.78 is 16.9. The molecule has 0 bridgehead atoms. The molecule has 0 saturated carbocycles. The second kappa shape index (κ2) is 9.26. The van der Waals surface area contributed by atoms with Crippen LogP contribution in [0.5, 0.6) is 0 Å². The Morgan fingerprint density at radius 2 is 1.04 bits per heavy atom. The van der Waals surface area contributed by atoms with Crippen LogP contribution in [0.25, 0.3) is 0 Å². The standard InChI is InChI=1S/C18H20Cl2O3/c1-13(21-11-15-3-7-17(19)8-4-15)23-14(2)22-12-16-5-9-18(20)10-6-16/h3-10,13-14H,11-12H2,1-2H3.